The van der Waals surface area contributed by atoms with E-state index in [1.165, 1.54) is 6.42 Å². The first-order chi connectivity index (χ1) is 8.70. The summed E-state index contributed by atoms with van der Waals surface area (Å²) in [6, 6.07) is 6.47. The van der Waals surface area contributed by atoms with Crippen LogP contribution in [0.5, 0.6) is 0 Å². The van der Waals surface area contributed by atoms with Gasteiger partial charge < -0.3 is 5.11 Å². The van der Waals surface area contributed by atoms with Crippen LogP contribution in [0.4, 0.5) is 0 Å². The minimum Gasteiger partial charge on any atom is -0.391 e. The molecule has 3 nitrogen and oxygen atoms in total. The van der Waals surface area contributed by atoms with Gasteiger partial charge in [0.25, 0.3) is 0 Å². The predicted octanol–water partition coefficient (Wildman–Crippen LogP) is 2.52. The minimum absolute atomic E-state index is 0.163. The van der Waals surface area contributed by atoms with E-state index in [1.54, 1.807) is 0 Å². The van der Waals surface area contributed by atoms with Crippen LogP contribution in [0.15, 0.2) is 18.2 Å². The summed E-state index contributed by atoms with van der Waals surface area (Å²) in [5.74, 6) is 0. The van der Waals surface area contributed by atoms with E-state index in [9.17, 15) is 5.11 Å². The summed E-state index contributed by atoms with van der Waals surface area (Å²) in [5, 5.41) is 10.1. The van der Waals surface area contributed by atoms with E-state index in [-0.39, 0.29) is 6.10 Å². The molecule has 0 aromatic carbocycles. The Labute approximate surface area is 110 Å². The van der Waals surface area contributed by atoms with Gasteiger partial charge in [0.05, 0.1) is 11.8 Å². The lowest BCUT2D eigenvalue weighted by Crippen LogP contribution is -2.45. The van der Waals surface area contributed by atoms with Gasteiger partial charge >= 0.3 is 0 Å². The summed E-state index contributed by atoms with van der Waals surface area (Å²) in [7, 11) is 0. The van der Waals surface area contributed by atoms with E-state index in [2.05, 4.69) is 28.9 Å². The number of aryl methyl sites for hydroxylation is 1. The maximum atomic E-state index is 10.1. The van der Waals surface area contributed by atoms with Gasteiger partial charge in [-0.05, 0) is 38.4 Å². The van der Waals surface area contributed by atoms with Crippen molar-refractivity contribution in [3.63, 3.8) is 0 Å². The number of aliphatic hydroxyl groups excluding tert-OH is 1. The number of likely N-dealkylation sites (N-methyl/N-ethyl adjacent to an activating group) is 1. The molecule has 1 heterocycles. The molecule has 1 aromatic heterocycles. The number of pyridine rings is 1. The van der Waals surface area contributed by atoms with Crippen molar-refractivity contribution in [3.05, 3.63) is 29.6 Å². The maximum Gasteiger partial charge on any atom is 0.0695 e. The Bertz CT molecular complexity index is 381. The van der Waals surface area contributed by atoms with Crippen molar-refractivity contribution in [2.45, 2.75) is 58.2 Å². The van der Waals surface area contributed by atoms with Gasteiger partial charge in [0, 0.05) is 18.3 Å². The van der Waals surface area contributed by atoms with E-state index < -0.39 is 0 Å². The molecule has 0 aliphatic heterocycles. The van der Waals surface area contributed by atoms with Crippen LogP contribution in [-0.2, 0) is 6.54 Å². The van der Waals surface area contributed by atoms with Gasteiger partial charge in [-0.25, -0.2) is 0 Å². The van der Waals surface area contributed by atoms with Crippen LogP contribution in [0, 0.1) is 6.92 Å². The zero-order valence-corrected chi connectivity index (χ0v) is 11.5. The van der Waals surface area contributed by atoms with Crippen molar-refractivity contribution >= 4 is 0 Å². The van der Waals surface area contributed by atoms with E-state index in [0.717, 1.165) is 43.7 Å². The number of aromatic nitrogens is 1. The molecule has 1 aliphatic rings. The Hall–Kier alpha value is -0.930. The lowest BCUT2D eigenvalue weighted by molar-refractivity contribution is 0.0177. The molecular weight excluding hydrogens is 224 g/mol. The number of nitrogens with zero attached hydrogens (tertiary/aromatic N) is 2. The summed E-state index contributed by atoms with van der Waals surface area (Å²) in [4.78, 5) is 6.92. The first kappa shape index (κ1) is 13.5. The standard InChI is InChI=1S/C15H24N2O/c1-3-17(14-9-4-5-10-15(14)18)11-13-8-6-7-12(2)16-13/h6-8,14-15,18H,3-5,9-11H2,1-2H3/t14-,15-/m1/s1. The molecule has 0 saturated heterocycles. The van der Waals surface area contributed by atoms with Crippen molar-refractivity contribution in [1.82, 2.24) is 9.88 Å². The Morgan fingerprint density at radius 2 is 2.11 bits per heavy atom. The Morgan fingerprint density at radius 3 is 2.78 bits per heavy atom. The fourth-order valence-corrected chi connectivity index (χ4v) is 2.88. The molecule has 100 valence electrons. The van der Waals surface area contributed by atoms with Gasteiger partial charge in [-0.15, -0.1) is 0 Å². The third-order valence-electron chi connectivity index (χ3n) is 3.88. The highest BCUT2D eigenvalue weighted by Gasteiger charge is 2.27. The van der Waals surface area contributed by atoms with Crippen molar-refractivity contribution in [1.29, 1.82) is 0 Å². The molecule has 2 atom stereocenters. The summed E-state index contributed by atoms with van der Waals surface area (Å²) in [6.07, 6.45) is 4.30. The van der Waals surface area contributed by atoms with Gasteiger partial charge in [-0.1, -0.05) is 25.8 Å². The van der Waals surface area contributed by atoms with Crippen LogP contribution in [0.2, 0.25) is 0 Å². The van der Waals surface area contributed by atoms with Crippen LogP contribution in [-0.4, -0.2) is 33.7 Å². The Balaban J connectivity index is 2.04. The van der Waals surface area contributed by atoms with E-state index in [1.807, 2.05) is 13.0 Å². The van der Waals surface area contributed by atoms with Gasteiger partial charge in [-0.2, -0.15) is 0 Å². The zero-order chi connectivity index (χ0) is 13.0. The minimum atomic E-state index is -0.163. The monoisotopic (exact) mass is 248 g/mol. The van der Waals surface area contributed by atoms with Crippen LogP contribution in [0.25, 0.3) is 0 Å². The fourth-order valence-electron chi connectivity index (χ4n) is 2.88. The lowest BCUT2D eigenvalue weighted by atomic mass is 9.91. The Kier molecular flexibility index (Phi) is 4.72. The average Bonchev–Trinajstić information content (AvgIpc) is 2.37. The summed E-state index contributed by atoms with van der Waals surface area (Å²) in [6.45, 7) is 6.00. The van der Waals surface area contributed by atoms with Crippen molar-refractivity contribution in [2.24, 2.45) is 0 Å². The number of hydrogen-bond acceptors (Lipinski definition) is 3. The largest absolute Gasteiger partial charge is 0.391 e. The third-order valence-corrected chi connectivity index (χ3v) is 3.88. The first-order valence-electron chi connectivity index (χ1n) is 7.05. The molecule has 1 fully saturated rings. The maximum absolute atomic E-state index is 10.1. The van der Waals surface area contributed by atoms with E-state index in [4.69, 9.17) is 0 Å². The van der Waals surface area contributed by atoms with Crippen LogP contribution in [0.3, 0.4) is 0 Å². The highest BCUT2D eigenvalue weighted by Crippen LogP contribution is 2.24. The highest BCUT2D eigenvalue weighted by molar-refractivity contribution is 5.10. The molecule has 3 heteroatoms. The van der Waals surface area contributed by atoms with Gasteiger partial charge in [0.2, 0.25) is 0 Å². The second kappa shape index (κ2) is 6.30. The van der Waals surface area contributed by atoms with E-state index in [0.29, 0.717) is 6.04 Å². The topological polar surface area (TPSA) is 36.4 Å². The van der Waals surface area contributed by atoms with Crippen molar-refractivity contribution < 1.29 is 5.11 Å². The quantitative estimate of drug-likeness (QED) is 0.889. The SMILES string of the molecule is CCN(Cc1cccc(C)n1)[C@@H]1CCCC[C@H]1O. The normalized spacial score (nSPS) is 24.4. The highest BCUT2D eigenvalue weighted by atomic mass is 16.3. The van der Waals surface area contributed by atoms with Crippen molar-refractivity contribution in [3.8, 4) is 0 Å². The smallest absolute Gasteiger partial charge is 0.0695 e. The zero-order valence-electron chi connectivity index (χ0n) is 11.5. The molecule has 0 amide bonds. The molecule has 0 radical (unpaired) electrons. The number of hydrogen-bond donors (Lipinski definition) is 1. The second-order valence-electron chi connectivity index (χ2n) is 5.25. The Morgan fingerprint density at radius 1 is 1.33 bits per heavy atom. The average molecular weight is 248 g/mol. The molecule has 0 spiro atoms. The summed E-state index contributed by atoms with van der Waals surface area (Å²) in [5.41, 5.74) is 2.17. The van der Waals surface area contributed by atoms with Gasteiger partial charge in [0.1, 0.15) is 0 Å². The number of rotatable bonds is 4. The van der Waals surface area contributed by atoms with Gasteiger partial charge in [-0.3, -0.25) is 9.88 Å². The number of aliphatic hydroxyl groups is 1. The van der Waals surface area contributed by atoms with Crippen LogP contribution >= 0.6 is 0 Å². The molecule has 1 N–H and O–H groups in total. The van der Waals surface area contributed by atoms with Crippen molar-refractivity contribution in [2.75, 3.05) is 6.54 Å². The van der Waals surface area contributed by atoms with Crippen LogP contribution in [0.1, 0.15) is 44.0 Å². The predicted molar refractivity (Wildman–Crippen MR) is 73.3 cm³/mol. The molecule has 1 saturated carbocycles. The first-order valence-corrected chi connectivity index (χ1v) is 7.05. The molecule has 0 bridgehead atoms. The molecular formula is C15H24N2O. The fraction of sp³-hybridized carbons (Fsp3) is 0.667. The molecule has 1 aliphatic carbocycles. The van der Waals surface area contributed by atoms with E-state index >= 15 is 0 Å². The molecule has 2 rings (SSSR count). The molecule has 1 aromatic rings. The molecule has 0 unspecified atom stereocenters. The second-order valence-corrected chi connectivity index (χ2v) is 5.25. The molecule has 18 heavy (non-hydrogen) atoms. The summed E-state index contributed by atoms with van der Waals surface area (Å²) >= 11 is 0. The van der Waals surface area contributed by atoms with Crippen LogP contribution < -0.4 is 0 Å². The third kappa shape index (κ3) is 3.30. The summed E-state index contributed by atoms with van der Waals surface area (Å²) < 4.78 is 0. The lowest BCUT2D eigenvalue weighted by Gasteiger charge is -2.36. The van der Waals surface area contributed by atoms with Gasteiger partial charge in [0.15, 0.2) is 0 Å².